The maximum absolute atomic E-state index is 12.8. The van der Waals surface area contributed by atoms with E-state index in [4.69, 9.17) is 5.11 Å². The number of halogens is 3. The molecular weight excluding hydrogens is 313 g/mol. The van der Waals surface area contributed by atoms with Gasteiger partial charge in [-0.05, 0) is 25.2 Å². The van der Waals surface area contributed by atoms with E-state index in [1.807, 2.05) is 0 Å². The molecule has 0 atom stereocenters. The van der Waals surface area contributed by atoms with Crippen molar-refractivity contribution in [3.8, 4) is 0 Å². The molecule has 0 aliphatic heterocycles. The fourth-order valence-corrected chi connectivity index (χ4v) is 2.08. The number of nitrogens with one attached hydrogen (secondary N) is 2. The minimum Gasteiger partial charge on any atom is -0.478 e. The first-order valence-electron chi connectivity index (χ1n) is 5.66. The number of alkyl halides is 3. The number of carbonyl (C=O) groups is 1. The molecule has 0 spiro atoms. The van der Waals surface area contributed by atoms with Crippen LogP contribution >= 0.6 is 0 Å². The van der Waals surface area contributed by atoms with Crippen LogP contribution in [0.4, 0.5) is 18.9 Å². The van der Waals surface area contributed by atoms with E-state index in [0.29, 0.717) is 6.07 Å². The zero-order valence-corrected chi connectivity index (χ0v) is 11.7. The summed E-state index contributed by atoms with van der Waals surface area (Å²) in [4.78, 5) is 10.8. The van der Waals surface area contributed by atoms with Gasteiger partial charge >= 0.3 is 12.1 Å². The van der Waals surface area contributed by atoms with Gasteiger partial charge in [0.25, 0.3) is 0 Å². The highest BCUT2D eigenvalue weighted by Gasteiger charge is 2.35. The Labute approximate surface area is 119 Å². The lowest BCUT2D eigenvalue weighted by Crippen LogP contribution is -2.26. The second-order valence-electron chi connectivity index (χ2n) is 4.01. The quantitative estimate of drug-likeness (QED) is 0.734. The lowest BCUT2D eigenvalue weighted by atomic mass is 10.1. The van der Waals surface area contributed by atoms with Crippen LogP contribution in [-0.4, -0.2) is 38.8 Å². The molecule has 21 heavy (non-hydrogen) atoms. The lowest BCUT2D eigenvalue weighted by molar-refractivity contribution is -0.138. The highest BCUT2D eigenvalue weighted by Crippen LogP contribution is 2.33. The fourth-order valence-electron chi connectivity index (χ4n) is 1.51. The largest absolute Gasteiger partial charge is 0.478 e. The molecule has 0 saturated carbocycles. The number of hydrogen-bond donors (Lipinski definition) is 3. The van der Waals surface area contributed by atoms with Crippen molar-refractivity contribution in [3.05, 3.63) is 29.3 Å². The summed E-state index contributed by atoms with van der Waals surface area (Å²) in [6, 6.07) is 2.60. The topological polar surface area (TPSA) is 95.5 Å². The molecule has 1 aromatic rings. The number of sulfonamides is 1. The first-order chi connectivity index (χ1) is 9.57. The molecular formula is C11H13F3N2O4S. The summed E-state index contributed by atoms with van der Waals surface area (Å²) in [6.45, 7) is -0.118. The van der Waals surface area contributed by atoms with Crippen molar-refractivity contribution in [2.45, 2.75) is 6.18 Å². The average Bonchev–Trinajstić information content (AvgIpc) is 2.37. The fraction of sp³-hybridized carbons (Fsp3) is 0.364. The molecule has 6 nitrogen and oxygen atoms in total. The number of carboxylic acids is 1. The van der Waals surface area contributed by atoms with Gasteiger partial charge in [-0.2, -0.15) is 13.2 Å². The van der Waals surface area contributed by atoms with Gasteiger partial charge in [0.2, 0.25) is 10.0 Å². The summed E-state index contributed by atoms with van der Waals surface area (Å²) >= 11 is 0. The van der Waals surface area contributed by atoms with Crippen LogP contribution in [0.15, 0.2) is 18.2 Å². The summed E-state index contributed by atoms with van der Waals surface area (Å²) in [5, 5.41) is 11.2. The van der Waals surface area contributed by atoms with Crippen molar-refractivity contribution in [2.24, 2.45) is 0 Å². The second-order valence-corrected chi connectivity index (χ2v) is 6.06. The van der Waals surface area contributed by atoms with Gasteiger partial charge in [0.05, 0.1) is 16.9 Å². The number of aromatic carboxylic acids is 1. The monoisotopic (exact) mass is 326 g/mol. The van der Waals surface area contributed by atoms with Crippen LogP contribution < -0.4 is 10.0 Å². The average molecular weight is 326 g/mol. The van der Waals surface area contributed by atoms with Crippen LogP contribution in [0.2, 0.25) is 0 Å². The highest BCUT2D eigenvalue weighted by molar-refractivity contribution is 7.89. The molecule has 0 unspecified atom stereocenters. The molecule has 1 rings (SSSR count). The molecule has 0 amide bonds. The van der Waals surface area contributed by atoms with Crippen molar-refractivity contribution < 1.29 is 31.5 Å². The SMILES string of the molecule is CNS(=O)(=O)CCNc1ccc(C(=O)O)c(C(F)(F)F)c1. The van der Waals surface area contributed by atoms with Crippen LogP contribution in [0, 0.1) is 0 Å². The zero-order chi connectivity index (χ0) is 16.3. The Bertz CT molecular complexity index is 629. The summed E-state index contributed by atoms with van der Waals surface area (Å²) in [5.74, 6) is -2.02. The Balaban J connectivity index is 2.94. The van der Waals surface area contributed by atoms with E-state index in [1.165, 1.54) is 7.05 Å². The van der Waals surface area contributed by atoms with Gasteiger partial charge in [0.15, 0.2) is 0 Å². The third-order valence-electron chi connectivity index (χ3n) is 2.57. The molecule has 0 radical (unpaired) electrons. The summed E-state index contributed by atoms with van der Waals surface area (Å²) in [6.07, 6.45) is -4.82. The van der Waals surface area contributed by atoms with Crippen LogP contribution in [0.5, 0.6) is 0 Å². The maximum Gasteiger partial charge on any atom is 0.417 e. The number of hydrogen-bond acceptors (Lipinski definition) is 4. The Hall–Kier alpha value is -1.81. The third kappa shape index (κ3) is 4.90. The van der Waals surface area contributed by atoms with Gasteiger partial charge in [-0.3, -0.25) is 0 Å². The van der Waals surface area contributed by atoms with Gasteiger partial charge in [-0.1, -0.05) is 0 Å². The normalized spacial score (nSPS) is 12.2. The Kier molecular flexibility index (Phi) is 5.18. The van der Waals surface area contributed by atoms with E-state index in [1.54, 1.807) is 0 Å². The Morgan fingerprint density at radius 3 is 2.43 bits per heavy atom. The van der Waals surface area contributed by atoms with Gasteiger partial charge < -0.3 is 10.4 Å². The van der Waals surface area contributed by atoms with Crippen LogP contribution in [0.25, 0.3) is 0 Å². The maximum atomic E-state index is 12.8. The Morgan fingerprint density at radius 2 is 1.95 bits per heavy atom. The predicted octanol–water partition coefficient (Wildman–Crippen LogP) is 1.36. The third-order valence-corrected chi connectivity index (χ3v) is 3.93. The number of carboxylic acid groups (broad SMARTS) is 1. The molecule has 10 heteroatoms. The van der Waals surface area contributed by atoms with Crippen molar-refractivity contribution in [2.75, 3.05) is 24.7 Å². The first-order valence-corrected chi connectivity index (χ1v) is 7.31. The molecule has 118 valence electrons. The van der Waals surface area contributed by atoms with E-state index in [9.17, 15) is 26.4 Å². The first kappa shape index (κ1) is 17.2. The van der Waals surface area contributed by atoms with Gasteiger partial charge in [-0.15, -0.1) is 0 Å². The summed E-state index contributed by atoms with van der Waals surface area (Å²) in [7, 11) is -2.26. The molecule has 0 aliphatic rings. The van der Waals surface area contributed by atoms with Crippen molar-refractivity contribution in [3.63, 3.8) is 0 Å². The van der Waals surface area contributed by atoms with E-state index >= 15 is 0 Å². The van der Waals surface area contributed by atoms with Crippen LogP contribution in [0.3, 0.4) is 0 Å². The molecule has 0 aliphatic carbocycles. The summed E-state index contributed by atoms with van der Waals surface area (Å²) < 4.78 is 62.6. The molecule has 0 aromatic heterocycles. The van der Waals surface area contributed by atoms with E-state index < -0.39 is 33.3 Å². The zero-order valence-electron chi connectivity index (χ0n) is 10.9. The van der Waals surface area contributed by atoms with Crippen molar-refractivity contribution >= 4 is 21.7 Å². The Morgan fingerprint density at radius 1 is 1.33 bits per heavy atom. The van der Waals surface area contributed by atoms with E-state index in [0.717, 1.165) is 12.1 Å². The predicted molar refractivity (Wildman–Crippen MR) is 69.7 cm³/mol. The number of rotatable bonds is 6. The molecule has 3 N–H and O–H groups in total. The van der Waals surface area contributed by atoms with Gasteiger partial charge in [0, 0.05) is 12.2 Å². The van der Waals surface area contributed by atoms with Gasteiger partial charge in [0.1, 0.15) is 0 Å². The lowest BCUT2D eigenvalue weighted by Gasteiger charge is -2.13. The molecule has 0 heterocycles. The number of benzene rings is 1. The minimum atomic E-state index is -4.82. The standard InChI is InChI=1S/C11H13F3N2O4S/c1-15-21(19,20)5-4-16-7-2-3-8(10(17)18)9(6-7)11(12,13)14/h2-3,6,15-16H,4-5H2,1H3,(H,17,18). The number of anilines is 1. The molecule has 1 aromatic carbocycles. The molecule has 0 bridgehead atoms. The van der Waals surface area contributed by atoms with Crippen LogP contribution in [-0.2, 0) is 16.2 Å². The van der Waals surface area contributed by atoms with E-state index in [2.05, 4.69) is 10.0 Å². The van der Waals surface area contributed by atoms with Gasteiger partial charge in [-0.25, -0.2) is 17.9 Å². The smallest absolute Gasteiger partial charge is 0.417 e. The van der Waals surface area contributed by atoms with Crippen molar-refractivity contribution in [1.29, 1.82) is 0 Å². The summed E-state index contributed by atoms with van der Waals surface area (Å²) in [5.41, 5.74) is -2.18. The van der Waals surface area contributed by atoms with Crippen molar-refractivity contribution in [1.82, 2.24) is 4.72 Å². The van der Waals surface area contributed by atoms with E-state index in [-0.39, 0.29) is 18.0 Å². The minimum absolute atomic E-state index is 0.0152. The second kappa shape index (κ2) is 6.31. The molecule has 0 fully saturated rings. The highest BCUT2D eigenvalue weighted by atomic mass is 32.2. The molecule has 0 saturated heterocycles. The van der Waals surface area contributed by atoms with Crippen LogP contribution in [0.1, 0.15) is 15.9 Å².